The monoisotopic (exact) mass is 340 g/mol. The molecule has 0 bridgehead atoms. The van der Waals surface area contributed by atoms with E-state index in [1.165, 1.54) is 0 Å². The molecule has 6 nitrogen and oxygen atoms in total. The lowest BCUT2D eigenvalue weighted by molar-refractivity contribution is 0.192. The average molecular weight is 340 g/mol. The third-order valence-electron chi connectivity index (χ3n) is 4.36. The van der Waals surface area contributed by atoms with Crippen molar-refractivity contribution in [3.63, 3.8) is 0 Å². The van der Waals surface area contributed by atoms with Crippen molar-refractivity contribution in [2.24, 2.45) is 5.92 Å². The first-order valence-electron chi connectivity index (χ1n) is 7.68. The molecule has 0 aliphatic carbocycles. The van der Waals surface area contributed by atoms with Gasteiger partial charge in [0.2, 0.25) is 0 Å². The molecule has 1 aromatic carbocycles. The fourth-order valence-corrected chi connectivity index (χ4v) is 4.65. The normalized spacial score (nSPS) is 20.7. The van der Waals surface area contributed by atoms with Gasteiger partial charge >= 0.3 is 6.03 Å². The van der Waals surface area contributed by atoms with Gasteiger partial charge in [-0.1, -0.05) is 18.2 Å². The first kappa shape index (κ1) is 17.6. The number of ether oxygens (including phenoxy) is 1. The fraction of sp³-hybridized carbons (Fsp3) is 0.562. The van der Waals surface area contributed by atoms with E-state index in [9.17, 15) is 13.2 Å². The molecule has 7 heteroatoms. The molecule has 1 heterocycles. The van der Waals surface area contributed by atoms with Crippen molar-refractivity contribution in [3.8, 4) is 5.75 Å². The summed E-state index contributed by atoms with van der Waals surface area (Å²) in [6.07, 6.45) is 0.619. The Kier molecular flexibility index (Phi) is 5.51. The Morgan fingerprint density at radius 1 is 1.43 bits per heavy atom. The van der Waals surface area contributed by atoms with Gasteiger partial charge in [-0.2, -0.15) is 0 Å². The van der Waals surface area contributed by atoms with E-state index in [0.29, 0.717) is 13.0 Å². The molecule has 0 spiro atoms. The molecule has 23 heavy (non-hydrogen) atoms. The number of amides is 2. The molecule has 0 aromatic heterocycles. The molecule has 0 unspecified atom stereocenters. The second kappa shape index (κ2) is 7.21. The zero-order valence-corrected chi connectivity index (χ0v) is 14.6. The topological polar surface area (TPSA) is 75.7 Å². The van der Waals surface area contributed by atoms with E-state index < -0.39 is 9.84 Å². The summed E-state index contributed by atoms with van der Waals surface area (Å²) in [5.41, 5.74) is 0.927. The van der Waals surface area contributed by atoms with Gasteiger partial charge in [0.25, 0.3) is 0 Å². The molecule has 0 radical (unpaired) electrons. The van der Waals surface area contributed by atoms with Crippen molar-refractivity contribution in [1.29, 1.82) is 0 Å². The SMILES string of the molecule is COc1ccccc1[C@@H](C)N(C)C(=O)NC[C@H]1CCS(=O)(=O)C1. The second-order valence-corrected chi connectivity index (χ2v) is 8.21. The summed E-state index contributed by atoms with van der Waals surface area (Å²) in [4.78, 5) is 13.9. The summed E-state index contributed by atoms with van der Waals surface area (Å²) in [7, 11) is 0.410. The standard InChI is InChI=1S/C16H24N2O4S/c1-12(14-6-4-5-7-15(14)22-3)18(2)16(19)17-10-13-8-9-23(20,21)11-13/h4-7,12-13H,8-11H2,1-3H3,(H,17,19)/t12-,13-/m1/s1. The molecule has 128 valence electrons. The number of para-hydroxylation sites is 1. The van der Waals surface area contributed by atoms with Crippen LogP contribution < -0.4 is 10.1 Å². The van der Waals surface area contributed by atoms with Gasteiger partial charge in [0.1, 0.15) is 5.75 Å². The highest BCUT2D eigenvalue weighted by molar-refractivity contribution is 7.91. The molecular formula is C16H24N2O4S. The summed E-state index contributed by atoms with van der Waals surface area (Å²) in [6.45, 7) is 2.32. The predicted molar refractivity (Wildman–Crippen MR) is 89.3 cm³/mol. The molecule has 1 aliphatic rings. The Balaban J connectivity index is 1.94. The lowest BCUT2D eigenvalue weighted by Gasteiger charge is -2.27. The molecule has 1 aromatic rings. The molecule has 2 rings (SSSR count). The predicted octanol–water partition coefficient (Wildman–Crippen LogP) is 1.83. The van der Waals surface area contributed by atoms with Crippen LogP contribution in [0.3, 0.4) is 0 Å². The van der Waals surface area contributed by atoms with Gasteiger partial charge in [-0.25, -0.2) is 13.2 Å². The van der Waals surface area contributed by atoms with Gasteiger partial charge < -0.3 is 15.0 Å². The number of benzene rings is 1. The van der Waals surface area contributed by atoms with Crippen LogP contribution in [0.4, 0.5) is 4.79 Å². The van der Waals surface area contributed by atoms with E-state index in [-0.39, 0.29) is 29.5 Å². The molecule has 1 saturated heterocycles. The first-order chi connectivity index (χ1) is 10.8. The fourth-order valence-electron chi connectivity index (χ4n) is 2.79. The van der Waals surface area contributed by atoms with Crippen LogP contribution in [-0.4, -0.2) is 51.6 Å². The smallest absolute Gasteiger partial charge is 0.317 e. The van der Waals surface area contributed by atoms with Crippen LogP contribution in [-0.2, 0) is 9.84 Å². The van der Waals surface area contributed by atoms with Crippen molar-refractivity contribution in [1.82, 2.24) is 10.2 Å². The zero-order chi connectivity index (χ0) is 17.0. The third kappa shape index (κ3) is 4.37. The maximum absolute atomic E-state index is 12.3. The van der Waals surface area contributed by atoms with Crippen molar-refractivity contribution in [2.75, 3.05) is 32.2 Å². The van der Waals surface area contributed by atoms with Crippen molar-refractivity contribution >= 4 is 15.9 Å². The zero-order valence-electron chi connectivity index (χ0n) is 13.8. The average Bonchev–Trinajstić information content (AvgIpc) is 2.90. The lowest BCUT2D eigenvalue weighted by Crippen LogP contribution is -2.41. The Bertz CT molecular complexity index is 660. The number of methoxy groups -OCH3 is 1. The van der Waals surface area contributed by atoms with E-state index in [1.807, 2.05) is 31.2 Å². The van der Waals surface area contributed by atoms with Gasteiger partial charge in [0, 0.05) is 19.2 Å². The van der Waals surface area contributed by atoms with E-state index in [1.54, 1.807) is 19.1 Å². The van der Waals surface area contributed by atoms with E-state index in [0.717, 1.165) is 11.3 Å². The van der Waals surface area contributed by atoms with Crippen molar-refractivity contribution in [2.45, 2.75) is 19.4 Å². The summed E-state index contributed by atoms with van der Waals surface area (Å²) in [5, 5.41) is 2.83. The number of nitrogens with one attached hydrogen (secondary N) is 1. The van der Waals surface area contributed by atoms with Crippen molar-refractivity contribution < 1.29 is 17.9 Å². The molecule has 0 saturated carbocycles. The van der Waals surface area contributed by atoms with Crippen molar-refractivity contribution in [3.05, 3.63) is 29.8 Å². The maximum Gasteiger partial charge on any atom is 0.317 e. The number of carbonyl (C=O) groups excluding carboxylic acids is 1. The van der Waals surface area contributed by atoms with Crippen LogP contribution in [0.5, 0.6) is 5.75 Å². The van der Waals surface area contributed by atoms with Gasteiger partial charge in [0.05, 0.1) is 24.7 Å². The van der Waals surface area contributed by atoms with E-state index in [2.05, 4.69) is 5.32 Å². The van der Waals surface area contributed by atoms with Gasteiger partial charge in [0.15, 0.2) is 9.84 Å². The largest absolute Gasteiger partial charge is 0.496 e. The number of nitrogens with zero attached hydrogens (tertiary/aromatic N) is 1. The minimum absolute atomic E-state index is 0.0129. The molecule has 1 fully saturated rings. The van der Waals surface area contributed by atoms with Crippen LogP contribution in [0.2, 0.25) is 0 Å². The van der Waals surface area contributed by atoms with Crippen LogP contribution in [0.25, 0.3) is 0 Å². The molecular weight excluding hydrogens is 316 g/mol. The highest BCUT2D eigenvalue weighted by atomic mass is 32.2. The summed E-state index contributed by atoms with van der Waals surface area (Å²) in [5.74, 6) is 1.14. The Morgan fingerprint density at radius 2 is 2.13 bits per heavy atom. The lowest BCUT2D eigenvalue weighted by atomic mass is 10.1. The first-order valence-corrected chi connectivity index (χ1v) is 9.50. The number of sulfone groups is 1. The van der Waals surface area contributed by atoms with Crippen LogP contribution in [0, 0.1) is 5.92 Å². The summed E-state index contributed by atoms with van der Waals surface area (Å²) in [6, 6.07) is 7.21. The van der Waals surface area contributed by atoms with Gasteiger partial charge in [-0.3, -0.25) is 0 Å². The van der Waals surface area contributed by atoms with E-state index >= 15 is 0 Å². The minimum atomic E-state index is -2.91. The van der Waals surface area contributed by atoms with E-state index in [4.69, 9.17) is 4.74 Å². The Morgan fingerprint density at radius 3 is 2.74 bits per heavy atom. The number of hydrogen-bond acceptors (Lipinski definition) is 4. The van der Waals surface area contributed by atoms with Crippen LogP contribution in [0.15, 0.2) is 24.3 Å². The number of carbonyl (C=O) groups is 1. The second-order valence-electron chi connectivity index (χ2n) is 5.98. The Labute approximate surface area is 137 Å². The summed E-state index contributed by atoms with van der Waals surface area (Å²) >= 11 is 0. The van der Waals surface area contributed by atoms with Gasteiger partial charge in [-0.15, -0.1) is 0 Å². The number of hydrogen-bond donors (Lipinski definition) is 1. The number of rotatable bonds is 5. The highest BCUT2D eigenvalue weighted by Crippen LogP contribution is 2.28. The number of urea groups is 1. The summed E-state index contributed by atoms with van der Waals surface area (Å²) < 4.78 is 28.2. The molecule has 2 atom stereocenters. The third-order valence-corrected chi connectivity index (χ3v) is 6.20. The molecule has 1 N–H and O–H groups in total. The Hall–Kier alpha value is -1.76. The van der Waals surface area contributed by atoms with Crippen LogP contribution in [0.1, 0.15) is 24.9 Å². The molecule has 1 aliphatic heterocycles. The highest BCUT2D eigenvalue weighted by Gasteiger charge is 2.28. The van der Waals surface area contributed by atoms with Gasteiger partial charge in [-0.05, 0) is 25.3 Å². The molecule has 2 amide bonds. The maximum atomic E-state index is 12.3. The minimum Gasteiger partial charge on any atom is -0.496 e. The van der Waals surface area contributed by atoms with Crippen LogP contribution >= 0.6 is 0 Å². The quantitative estimate of drug-likeness (QED) is 0.887.